The molecule has 0 aliphatic heterocycles. The Hall–Kier alpha value is -3.21. The van der Waals surface area contributed by atoms with Gasteiger partial charge in [-0.1, -0.05) is 55.8 Å². The summed E-state index contributed by atoms with van der Waals surface area (Å²) in [6.45, 7) is 8.80. The van der Waals surface area contributed by atoms with Crippen LogP contribution in [0.2, 0.25) is 0 Å². The fourth-order valence-electron chi connectivity index (χ4n) is 2.91. The van der Waals surface area contributed by atoms with Crippen molar-refractivity contribution in [3.63, 3.8) is 0 Å². The summed E-state index contributed by atoms with van der Waals surface area (Å²) in [5, 5.41) is 6.11. The van der Waals surface area contributed by atoms with E-state index in [1.807, 2.05) is 43.3 Å². The fourth-order valence-corrected chi connectivity index (χ4v) is 2.91. The highest BCUT2D eigenvalue weighted by Crippen LogP contribution is 2.18. The zero-order chi connectivity index (χ0) is 20.1. The summed E-state index contributed by atoms with van der Waals surface area (Å²) in [4.78, 5) is 21.4. The van der Waals surface area contributed by atoms with Crippen LogP contribution in [0.25, 0.3) is 0 Å². The minimum Gasteiger partial charge on any atom is -0.350 e. The highest BCUT2D eigenvalue weighted by molar-refractivity contribution is 6.03. The van der Waals surface area contributed by atoms with Crippen LogP contribution in [0.1, 0.15) is 52.6 Å². The maximum absolute atomic E-state index is 12.6. The van der Waals surface area contributed by atoms with Crippen molar-refractivity contribution in [1.82, 2.24) is 9.97 Å². The third kappa shape index (κ3) is 5.16. The predicted octanol–water partition coefficient (Wildman–Crippen LogP) is 5.08. The van der Waals surface area contributed by atoms with Gasteiger partial charge in [0.2, 0.25) is 5.95 Å². The van der Waals surface area contributed by atoms with Gasteiger partial charge in [0.25, 0.3) is 5.91 Å². The Kier molecular flexibility index (Phi) is 6.04. The van der Waals surface area contributed by atoms with Crippen molar-refractivity contribution >= 4 is 17.5 Å². The van der Waals surface area contributed by atoms with Crippen molar-refractivity contribution in [2.24, 2.45) is 0 Å². The Labute approximate surface area is 166 Å². The molecule has 5 heteroatoms. The molecule has 0 fully saturated rings. The van der Waals surface area contributed by atoms with Gasteiger partial charge in [-0.2, -0.15) is 0 Å². The molecule has 2 aromatic carbocycles. The number of benzene rings is 2. The van der Waals surface area contributed by atoms with Gasteiger partial charge in [0.1, 0.15) is 5.69 Å². The van der Waals surface area contributed by atoms with Gasteiger partial charge in [-0.3, -0.25) is 4.79 Å². The number of rotatable bonds is 6. The molecule has 0 radical (unpaired) electrons. The van der Waals surface area contributed by atoms with Crippen molar-refractivity contribution < 1.29 is 4.79 Å². The number of aryl methyl sites for hydroxylation is 2. The van der Waals surface area contributed by atoms with E-state index in [-0.39, 0.29) is 5.91 Å². The molecule has 1 heterocycles. The Balaban J connectivity index is 1.70. The van der Waals surface area contributed by atoms with E-state index in [0.717, 1.165) is 16.9 Å². The first-order chi connectivity index (χ1) is 13.4. The lowest BCUT2D eigenvalue weighted by molar-refractivity contribution is 0.102. The molecule has 0 saturated carbocycles. The van der Waals surface area contributed by atoms with Gasteiger partial charge in [-0.05, 0) is 49.1 Å². The normalized spacial score (nSPS) is 10.8. The lowest BCUT2D eigenvalue weighted by Crippen LogP contribution is -2.16. The average molecular weight is 374 g/mol. The molecule has 3 aromatic rings. The van der Waals surface area contributed by atoms with Gasteiger partial charge in [0, 0.05) is 17.9 Å². The van der Waals surface area contributed by atoms with Crippen LogP contribution < -0.4 is 10.6 Å². The maximum atomic E-state index is 12.6. The van der Waals surface area contributed by atoms with E-state index >= 15 is 0 Å². The molecule has 0 spiro atoms. The SMILES string of the molecule is Cc1cccc(CNc2nc(C)cc(C(=O)Nc3ccc(C(C)C)cc3)n2)c1. The van der Waals surface area contributed by atoms with Crippen LogP contribution in [-0.2, 0) is 6.54 Å². The number of carbonyl (C=O) groups is 1. The number of hydrogen-bond donors (Lipinski definition) is 2. The quantitative estimate of drug-likeness (QED) is 0.631. The molecule has 0 saturated heterocycles. The first-order valence-electron chi connectivity index (χ1n) is 9.47. The second kappa shape index (κ2) is 8.65. The third-order valence-electron chi connectivity index (χ3n) is 4.46. The number of nitrogens with one attached hydrogen (secondary N) is 2. The predicted molar refractivity (Wildman–Crippen MR) is 114 cm³/mol. The van der Waals surface area contributed by atoms with Crippen molar-refractivity contribution in [2.75, 3.05) is 10.6 Å². The van der Waals surface area contributed by atoms with Crippen LogP contribution in [0, 0.1) is 13.8 Å². The van der Waals surface area contributed by atoms with Crippen molar-refractivity contribution in [2.45, 2.75) is 40.2 Å². The molecule has 1 amide bonds. The molecule has 2 N–H and O–H groups in total. The molecule has 3 rings (SSSR count). The summed E-state index contributed by atoms with van der Waals surface area (Å²) in [6, 6.07) is 17.8. The molecule has 1 aromatic heterocycles. The van der Waals surface area contributed by atoms with Crippen molar-refractivity contribution in [1.29, 1.82) is 0 Å². The first kappa shape index (κ1) is 19.5. The van der Waals surface area contributed by atoms with Crippen molar-refractivity contribution in [3.8, 4) is 0 Å². The number of nitrogens with zero attached hydrogens (tertiary/aromatic N) is 2. The number of hydrogen-bond acceptors (Lipinski definition) is 4. The first-order valence-corrected chi connectivity index (χ1v) is 9.47. The van der Waals surface area contributed by atoms with E-state index in [2.05, 4.69) is 53.5 Å². The van der Waals surface area contributed by atoms with Gasteiger partial charge in [-0.15, -0.1) is 0 Å². The molecule has 144 valence electrons. The van der Waals surface area contributed by atoms with E-state index in [1.54, 1.807) is 6.07 Å². The van der Waals surface area contributed by atoms with E-state index in [1.165, 1.54) is 11.1 Å². The number of amides is 1. The Morgan fingerprint density at radius 3 is 2.43 bits per heavy atom. The molecule has 28 heavy (non-hydrogen) atoms. The zero-order valence-electron chi connectivity index (χ0n) is 16.8. The van der Waals surface area contributed by atoms with Gasteiger partial charge in [0.05, 0.1) is 0 Å². The number of aromatic nitrogens is 2. The average Bonchev–Trinajstić information content (AvgIpc) is 2.66. The summed E-state index contributed by atoms with van der Waals surface area (Å²) in [5.74, 6) is 0.652. The van der Waals surface area contributed by atoms with Crippen LogP contribution in [0.15, 0.2) is 54.6 Å². The molecular formula is C23H26N4O. The minimum atomic E-state index is -0.249. The van der Waals surface area contributed by atoms with Crippen molar-refractivity contribution in [3.05, 3.63) is 82.7 Å². The highest BCUT2D eigenvalue weighted by Gasteiger charge is 2.11. The monoisotopic (exact) mass is 374 g/mol. The van der Waals surface area contributed by atoms with E-state index < -0.39 is 0 Å². The van der Waals surface area contributed by atoms with Crippen LogP contribution >= 0.6 is 0 Å². The molecule has 0 bridgehead atoms. The summed E-state index contributed by atoms with van der Waals surface area (Å²) in [5.41, 5.74) is 5.40. The summed E-state index contributed by atoms with van der Waals surface area (Å²) < 4.78 is 0. The lowest BCUT2D eigenvalue weighted by Gasteiger charge is -2.10. The smallest absolute Gasteiger partial charge is 0.274 e. The summed E-state index contributed by atoms with van der Waals surface area (Å²) in [7, 11) is 0. The Morgan fingerprint density at radius 2 is 1.75 bits per heavy atom. The van der Waals surface area contributed by atoms with Crippen LogP contribution in [0.5, 0.6) is 0 Å². The summed E-state index contributed by atoms with van der Waals surface area (Å²) >= 11 is 0. The lowest BCUT2D eigenvalue weighted by atomic mass is 10.0. The Bertz CT molecular complexity index is 965. The maximum Gasteiger partial charge on any atom is 0.274 e. The second-order valence-electron chi connectivity index (χ2n) is 7.29. The van der Waals surface area contributed by atoms with E-state index in [9.17, 15) is 4.79 Å². The van der Waals surface area contributed by atoms with Crippen LogP contribution in [0.3, 0.4) is 0 Å². The van der Waals surface area contributed by atoms with Gasteiger partial charge >= 0.3 is 0 Å². The second-order valence-corrected chi connectivity index (χ2v) is 7.29. The highest BCUT2D eigenvalue weighted by atomic mass is 16.1. The molecular weight excluding hydrogens is 348 g/mol. The number of anilines is 2. The molecule has 0 aliphatic rings. The molecule has 5 nitrogen and oxygen atoms in total. The van der Waals surface area contributed by atoms with Gasteiger partial charge in [-0.25, -0.2) is 9.97 Å². The fraction of sp³-hybridized carbons (Fsp3) is 0.261. The molecule has 0 atom stereocenters. The van der Waals surface area contributed by atoms with Crippen LogP contribution in [0.4, 0.5) is 11.6 Å². The van der Waals surface area contributed by atoms with Gasteiger partial charge < -0.3 is 10.6 Å². The summed E-state index contributed by atoms with van der Waals surface area (Å²) in [6.07, 6.45) is 0. The minimum absolute atomic E-state index is 0.249. The largest absolute Gasteiger partial charge is 0.350 e. The molecule has 0 unspecified atom stereocenters. The Morgan fingerprint density at radius 1 is 1.00 bits per heavy atom. The zero-order valence-corrected chi connectivity index (χ0v) is 16.8. The van der Waals surface area contributed by atoms with E-state index in [0.29, 0.717) is 24.1 Å². The third-order valence-corrected chi connectivity index (χ3v) is 4.46. The standard InChI is InChI=1S/C23H26N4O/c1-15(2)19-8-10-20(11-9-19)26-22(28)21-13-17(4)25-23(27-21)24-14-18-7-5-6-16(3)12-18/h5-13,15H,14H2,1-4H3,(H,26,28)(H,24,25,27). The van der Waals surface area contributed by atoms with Crippen LogP contribution in [-0.4, -0.2) is 15.9 Å². The van der Waals surface area contributed by atoms with Gasteiger partial charge in [0.15, 0.2) is 0 Å². The molecule has 0 aliphatic carbocycles. The number of carbonyl (C=O) groups excluding carboxylic acids is 1. The van der Waals surface area contributed by atoms with E-state index in [4.69, 9.17) is 0 Å². The topological polar surface area (TPSA) is 66.9 Å².